The van der Waals surface area contributed by atoms with Gasteiger partial charge in [0.15, 0.2) is 0 Å². The van der Waals surface area contributed by atoms with Crippen molar-refractivity contribution >= 4 is 11.0 Å². The monoisotopic (exact) mass is 422 g/mol. The van der Waals surface area contributed by atoms with Crippen LogP contribution in [-0.2, 0) is 6.42 Å². The molecule has 5 heteroatoms. The Kier molecular flexibility index (Phi) is 5.69. The SMILES string of the molecule is COc1ccc2c3c(c(=O)oc2c1)C(C)C(C)(CCC=C(C)CCc1cc(C)co1)O3. The first-order valence-corrected chi connectivity index (χ1v) is 10.8. The maximum Gasteiger partial charge on any atom is 0.343 e. The van der Waals surface area contributed by atoms with Gasteiger partial charge in [-0.2, -0.15) is 0 Å². The second-order valence-corrected chi connectivity index (χ2v) is 8.81. The molecule has 0 spiro atoms. The topological polar surface area (TPSA) is 61.8 Å². The summed E-state index contributed by atoms with van der Waals surface area (Å²) in [5, 5.41) is 0.812. The van der Waals surface area contributed by atoms with Gasteiger partial charge >= 0.3 is 5.63 Å². The van der Waals surface area contributed by atoms with E-state index in [9.17, 15) is 4.79 Å². The van der Waals surface area contributed by atoms with Crippen LogP contribution in [0.25, 0.3) is 11.0 Å². The van der Waals surface area contributed by atoms with Crippen LogP contribution in [0, 0.1) is 6.92 Å². The van der Waals surface area contributed by atoms with Crippen molar-refractivity contribution in [2.45, 2.75) is 64.9 Å². The molecule has 1 aliphatic heterocycles. The van der Waals surface area contributed by atoms with E-state index in [-0.39, 0.29) is 11.5 Å². The molecule has 164 valence electrons. The number of allylic oxidation sites excluding steroid dienone is 2. The molecule has 0 saturated heterocycles. The Balaban J connectivity index is 1.48. The maximum absolute atomic E-state index is 12.7. The van der Waals surface area contributed by atoms with Crippen LogP contribution in [0.4, 0.5) is 0 Å². The predicted molar refractivity (Wildman–Crippen MR) is 121 cm³/mol. The molecule has 2 atom stereocenters. The van der Waals surface area contributed by atoms with Crippen LogP contribution in [0.2, 0.25) is 0 Å². The summed E-state index contributed by atoms with van der Waals surface area (Å²) < 4.78 is 22.8. The molecule has 2 aromatic heterocycles. The second kappa shape index (κ2) is 8.29. The van der Waals surface area contributed by atoms with Gasteiger partial charge < -0.3 is 18.3 Å². The molecule has 0 amide bonds. The lowest BCUT2D eigenvalue weighted by molar-refractivity contribution is 0.0862. The van der Waals surface area contributed by atoms with Crippen molar-refractivity contribution in [2.75, 3.05) is 7.11 Å². The van der Waals surface area contributed by atoms with Gasteiger partial charge in [0, 0.05) is 18.4 Å². The number of rotatable bonds is 7. The van der Waals surface area contributed by atoms with Crippen LogP contribution in [0.3, 0.4) is 0 Å². The third kappa shape index (κ3) is 4.14. The van der Waals surface area contributed by atoms with Crippen LogP contribution >= 0.6 is 0 Å². The van der Waals surface area contributed by atoms with Gasteiger partial charge in [-0.3, -0.25) is 0 Å². The van der Waals surface area contributed by atoms with E-state index in [1.807, 2.05) is 26.0 Å². The summed E-state index contributed by atoms with van der Waals surface area (Å²) in [6.07, 6.45) is 7.64. The van der Waals surface area contributed by atoms with Crippen LogP contribution in [0.15, 0.2) is 55.8 Å². The largest absolute Gasteiger partial charge is 0.497 e. The summed E-state index contributed by atoms with van der Waals surface area (Å²) in [6, 6.07) is 7.58. The van der Waals surface area contributed by atoms with Gasteiger partial charge in [0.1, 0.15) is 28.4 Å². The normalized spacial score (nSPS) is 20.7. The highest BCUT2D eigenvalue weighted by atomic mass is 16.5. The standard InChI is InChI=1S/C26H30O5/c1-16(8-9-20-13-17(2)15-29-20)7-6-12-26(4)18(3)23-24(31-26)21-11-10-19(28-5)14-22(21)30-25(23)27/h7,10-11,13-15,18H,6,8-9,12H2,1-5H3. The summed E-state index contributed by atoms with van der Waals surface area (Å²) >= 11 is 0. The van der Waals surface area contributed by atoms with Crippen molar-refractivity contribution in [2.24, 2.45) is 0 Å². The fraction of sp³-hybridized carbons (Fsp3) is 0.423. The number of aryl methyl sites for hydroxylation is 2. The average molecular weight is 423 g/mol. The van der Waals surface area contributed by atoms with Crippen LogP contribution in [0.5, 0.6) is 11.5 Å². The highest BCUT2D eigenvalue weighted by molar-refractivity contribution is 5.86. The fourth-order valence-corrected chi connectivity index (χ4v) is 4.32. The van der Waals surface area contributed by atoms with E-state index < -0.39 is 5.60 Å². The van der Waals surface area contributed by atoms with E-state index in [0.717, 1.165) is 42.4 Å². The lowest BCUT2D eigenvalue weighted by Crippen LogP contribution is -2.33. The van der Waals surface area contributed by atoms with Crippen molar-refractivity contribution in [1.29, 1.82) is 0 Å². The smallest absolute Gasteiger partial charge is 0.343 e. The number of hydrogen-bond donors (Lipinski definition) is 0. The number of hydrogen-bond acceptors (Lipinski definition) is 5. The zero-order valence-corrected chi connectivity index (χ0v) is 18.9. The zero-order chi connectivity index (χ0) is 22.2. The Morgan fingerprint density at radius 3 is 2.81 bits per heavy atom. The fourth-order valence-electron chi connectivity index (χ4n) is 4.32. The van der Waals surface area contributed by atoms with E-state index >= 15 is 0 Å². The molecule has 2 unspecified atom stereocenters. The predicted octanol–water partition coefficient (Wildman–Crippen LogP) is 6.32. The number of furan rings is 1. The molecule has 0 saturated carbocycles. The van der Waals surface area contributed by atoms with Crippen molar-refractivity contribution in [3.8, 4) is 11.5 Å². The highest BCUT2D eigenvalue weighted by Crippen LogP contribution is 2.48. The quantitative estimate of drug-likeness (QED) is 0.329. The summed E-state index contributed by atoms with van der Waals surface area (Å²) in [5.74, 6) is 2.27. The Morgan fingerprint density at radius 1 is 1.29 bits per heavy atom. The number of ether oxygens (including phenoxy) is 2. The molecule has 1 aromatic carbocycles. The summed E-state index contributed by atoms with van der Waals surface area (Å²) in [5.41, 5.74) is 2.83. The number of methoxy groups -OCH3 is 1. The minimum Gasteiger partial charge on any atom is -0.497 e. The third-order valence-corrected chi connectivity index (χ3v) is 6.47. The van der Waals surface area contributed by atoms with Gasteiger partial charge in [0.05, 0.1) is 24.3 Å². The van der Waals surface area contributed by atoms with E-state index in [4.69, 9.17) is 18.3 Å². The Labute approximate surface area is 182 Å². The second-order valence-electron chi connectivity index (χ2n) is 8.81. The zero-order valence-electron chi connectivity index (χ0n) is 18.9. The van der Waals surface area contributed by atoms with Crippen molar-refractivity contribution in [3.63, 3.8) is 0 Å². The lowest BCUT2D eigenvalue weighted by Gasteiger charge is -2.28. The lowest BCUT2D eigenvalue weighted by atomic mass is 9.84. The number of fused-ring (bicyclic) bond motifs is 3. The molecule has 1 aliphatic rings. The summed E-state index contributed by atoms with van der Waals surface area (Å²) in [4.78, 5) is 12.7. The minimum absolute atomic E-state index is 0.0509. The first-order valence-electron chi connectivity index (χ1n) is 10.8. The van der Waals surface area contributed by atoms with Gasteiger partial charge in [-0.15, -0.1) is 0 Å². The summed E-state index contributed by atoms with van der Waals surface area (Å²) in [6.45, 7) is 8.33. The molecule has 0 aliphatic carbocycles. The Hall–Kier alpha value is -2.95. The maximum atomic E-state index is 12.7. The van der Waals surface area contributed by atoms with Crippen LogP contribution in [-0.4, -0.2) is 12.7 Å². The summed E-state index contributed by atoms with van der Waals surface area (Å²) in [7, 11) is 1.59. The molecule has 3 heterocycles. The molecular formula is C26H30O5. The molecule has 3 aromatic rings. The molecule has 4 rings (SSSR count). The van der Waals surface area contributed by atoms with Crippen molar-refractivity contribution in [3.05, 3.63) is 69.5 Å². The third-order valence-electron chi connectivity index (χ3n) is 6.47. The molecular weight excluding hydrogens is 392 g/mol. The molecule has 0 N–H and O–H groups in total. The van der Waals surface area contributed by atoms with E-state index in [1.165, 1.54) is 5.57 Å². The van der Waals surface area contributed by atoms with Gasteiger partial charge in [-0.05, 0) is 63.8 Å². The van der Waals surface area contributed by atoms with E-state index in [1.54, 1.807) is 19.4 Å². The number of benzene rings is 1. The van der Waals surface area contributed by atoms with Crippen LogP contribution < -0.4 is 15.1 Å². The van der Waals surface area contributed by atoms with Gasteiger partial charge in [-0.25, -0.2) is 4.79 Å². The Morgan fingerprint density at radius 2 is 2.10 bits per heavy atom. The Bertz CT molecular complexity index is 1180. The average Bonchev–Trinajstić information content (AvgIpc) is 3.27. The highest BCUT2D eigenvalue weighted by Gasteiger charge is 2.44. The minimum atomic E-state index is -0.458. The van der Waals surface area contributed by atoms with E-state index in [2.05, 4.69) is 26.0 Å². The first kappa shape index (κ1) is 21.3. The van der Waals surface area contributed by atoms with Crippen molar-refractivity contribution in [1.82, 2.24) is 0 Å². The van der Waals surface area contributed by atoms with Gasteiger partial charge in [0.2, 0.25) is 0 Å². The molecule has 0 bridgehead atoms. The van der Waals surface area contributed by atoms with Gasteiger partial charge in [0.25, 0.3) is 0 Å². The van der Waals surface area contributed by atoms with Crippen LogP contribution in [0.1, 0.15) is 62.8 Å². The molecule has 5 nitrogen and oxygen atoms in total. The molecule has 0 radical (unpaired) electrons. The molecule has 31 heavy (non-hydrogen) atoms. The molecule has 0 fully saturated rings. The van der Waals surface area contributed by atoms with E-state index in [0.29, 0.717) is 22.6 Å². The first-order chi connectivity index (χ1) is 14.8. The van der Waals surface area contributed by atoms with Gasteiger partial charge in [-0.1, -0.05) is 18.6 Å². The van der Waals surface area contributed by atoms with Crippen molar-refractivity contribution < 1.29 is 18.3 Å².